The smallest absolute Gasteiger partial charge is 0.382 e. The van der Waals surface area contributed by atoms with E-state index in [2.05, 4.69) is 5.32 Å². The lowest BCUT2D eigenvalue weighted by Crippen LogP contribution is -2.40. The molecule has 21 heavy (non-hydrogen) atoms. The Morgan fingerprint density at radius 1 is 1.14 bits per heavy atom. The Morgan fingerprint density at radius 3 is 2.52 bits per heavy atom. The van der Waals surface area contributed by atoms with Crippen LogP contribution in [0.25, 0.3) is 0 Å². The molecule has 0 unspecified atom stereocenters. The predicted octanol–water partition coefficient (Wildman–Crippen LogP) is 4.52. The van der Waals surface area contributed by atoms with E-state index in [1.165, 1.54) is 31.4 Å². The zero-order chi connectivity index (χ0) is 15.1. The van der Waals surface area contributed by atoms with Gasteiger partial charge in [-0.15, -0.1) is 0 Å². The SMILES string of the molecule is CN1CC2(CCCCC2)CNc2c1cccc2C(F)(F)F. The number of rotatable bonds is 0. The molecule has 1 heterocycles. The Kier molecular flexibility index (Phi) is 3.54. The van der Waals surface area contributed by atoms with Crippen molar-refractivity contribution in [2.45, 2.75) is 38.3 Å². The van der Waals surface area contributed by atoms with Crippen LogP contribution < -0.4 is 10.2 Å². The van der Waals surface area contributed by atoms with E-state index in [1.54, 1.807) is 6.07 Å². The van der Waals surface area contributed by atoms with E-state index >= 15 is 0 Å². The van der Waals surface area contributed by atoms with Gasteiger partial charge in [-0.25, -0.2) is 0 Å². The van der Waals surface area contributed by atoms with Crippen molar-refractivity contribution in [3.05, 3.63) is 23.8 Å². The zero-order valence-corrected chi connectivity index (χ0v) is 12.3. The molecule has 116 valence electrons. The van der Waals surface area contributed by atoms with Crippen LogP contribution >= 0.6 is 0 Å². The lowest BCUT2D eigenvalue weighted by molar-refractivity contribution is -0.136. The fourth-order valence-corrected chi connectivity index (χ4v) is 3.84. The van der Waals surface area contributed by atoms with Crippen molar-refractivity contribution in [1.82, 2.24) is 0 Å². The van der Waals surface area contributed by atoms with Crippen LogP contribution in [-0.4, -0.2) is 20.1 Å². The molecule has 0 bridgehead atoms. The molecule has 1 aliphatic carbocycles. The number of hydrogen-bond acceptors (Lipinski definition) is 2. The first-order chi connectivity index (χ1) is 9.91. The Labute approximate surface area is 123 Å². The molecule has 1 saturated carbocycles. The standard InChI is InChI=1S/C16H21F3N2/c1-21-11-15(8-3-2-4-9-15)10-20-14-12(16(17,18)19)6-5-7-13(14)21/h5-7,20H,2-4,8-11H2,1H3. The normalized spacial score (nSPS) is 21.6. The minimum absolute atomic E-state index is 0.106. The van der Waals surface area contributed by atoms with Gasteiger partial charge in [0, 0.05) is 25.6 Å². The summed E-state index contributed by atoms with van der Waals surface area (Å²) in [6, 6.07) is 4.44. The highest BCUT2D eigenvalue weighted by Gasteiger charge is 2.40. The van der Waals surface area contributed by atoms with Crippen LogP contribution in [-0.2, 0) is 6.18 Å². The van der Waals surface area contributed by atoms with Crippen molar-refractivity contribution in [2.75, 3.05) is 30.4 Å². The summed E-state index contributed by atoms with van der Waals surface area (Å²) in [5, 5.41) is 3.13. The Balaban J connectivity index is 1.98. The third kappa shape index (κ3) is 2.70. The maximum absolute atomic E-state index is 13.2. The van der Waals surface area contributed by atoms with Gasteiger partial charge < -0.3 is 10.2 Å². The van der Waals surface area contributed by atoms with E-state index in [0.29, 0.717) is 12.2 Å². The summed E-state index contributed by atoms with van der Waals surface area (Å²) in [4.78, 5) is 2.00. The van der Waals surface area contributed by atoms with Gasteiger partial charge in [-0.3, -0.25) is 0 Å². The van der Waals surface area contributed by atoms with E-state index in [0.717, 1.165) is 19.4 Å². The van der Waals surface area contributed by atoms with Gasteiger partial charge >= 0.3 is 6.18 Å². The molecule has 2 nitrogen and oxygen atoms in total. The molecular formula is C16H21F3N2. The molecular weight excluding hydrogens is 277 g/mol. The van der Waals surface area contributed by atoms with E-state index in [9.17, 15) is 13.2 Å². The third-order valence-corrected chi connectivity index (χ3v) is 4.89. The molecule has 0 aromatic heterocycles. The first-order valence-electron chi connectivity index (χ1n) is 7.57. The van der Waals surface area contributed by atoms with Crippen LogP contribution in [0.5, 0.6) is 0 Å². The summed E-state index contributed by atoms with van der Waals surface area (Å²) in [5.41, 5.74) is 0.455. The monoisotopic (exact) mass is 298 g/mol. The quantitative estimate of drug-likeness (QED) is 0.757. The molecule has 1 fully saturated rings. The number of anilines is 2. The summed E-state index contributed by atoms with van der Waals surface area (Å²) >= 11 is 0. The molecule has 2 aliphatic rings. The van der Waals surface area contributed by atoms with Crippen molar-refractivity contribution >= 4 is 11.4 Å². The van der Waals surface area contributed by atoms with Gasteiger partial charge in [0.25, 0.3) is 0 Å². The average molecular weight is 298 g/mol. The van der Waals surface area contributed by atoms with Crippen LogP contribution in [0.4, 0.5) is 24.5 Å². The highest BCUT2D eigenvalue weighted by Crippen LogP contribution is 2.45. The fourth-order valence-electron chi connectivity index (χ4n) is 3.84. The molecule has 3 rings (SSSR count). The van der Waals surface area contributed by atoms with Gasteiger partial charge in [0.05, 0.1) is 16.9 Å². The van der Waals surface area contributed by atoms with Gasteiger partial charge in [0.15, 0.2) is 0 Å². The van der Waals surface area contributed by atoms with E-state index < -0.39 is 11.7 Å². The highest BCUT2D eigenvalue weighted by atomic mass is 19.4. The predicted molar refractivity (Wildman–Crippen MR) is 78.7 cm³/mol. The van der Waals surface area contributed by atoms with Crippen molar-refractivity contribution in [1.29, 1.82) is 0 Å². The Hall–Kier alpha value is -1.39. The molecule has 1 N–H and O–H groups in total. The van der Waals surface area contributed by atoms with Crippen LogP contribution in [0.2, 0.25) is 0 Å². The molecule has 1 aromatic rings. The van der Waals surface area contributed by atoms with Crippen molar-refractivity contribution < 1.29 is 13.2 Å². The van der Waals surface area contributed by atoms with Crippen LogP contribution in [0.1, 0.15) is 37.7 Å². The number of hydrogen-bond donors (Lipinski definition) is 1. The Morgan fingerprint density at radius 2 is 1.86 bits per heavy atom. The molecule has 0 amide bonds. The summed E-state index contributed by atoms with van der Waals surface area (Å²) in [5.74, 6) is 0. The number of alkyl halides is 3. The third-order valence-electron chi connectivity index (χ3n) is 4.89. The minimum atomic E-state index is -4.32. The van der Waals surface area contributed by atoms with Crippen molar-refractivity contribution in [3.63, 3.8) is 0 Å². The lowest BCUT2D eigenvalue weighted by Gasteiger charge is -2.38. The number of nitrogens with one attached hydrogen (secondary N) is 1. The molecule has 0 saturated heterocycles. The average Bonchev–Trinajstić information content (AvgIpc) is 2.57. The van der Waals surface area contributed by atoms with Gasteiger partial charge in [0.1, 0.15) is 0 Å². The molecule has 5 heteroatoms. The van der Waals surface area contributed by atoms with E-state index in [1.807, 2.05) is 11.9 Å². The maximum Gasteiger partial charge on any atom is 0.418 e. The van der Waals surface area contributed by atoms with E-state index in [4.69, 9.17) is 0 Å². The highest BCUT2D eigenvalue weighted by molar-refractivity contribution is 5.75. The Bertz CT molecular complexity index is 519. The molecule has 0 atom stereocenters. The first-order valence-corrected chi connectivity index (χ1v) is 7.57. The number of para-hydroxylation sites is 1. The van der Waals surface area contributed by atoms with Crippen molar-refractivity contribution in [2.24, 2.45) is 5.41 Å². The second-order valence-electron chi connectivity index (χ2n) is 6.47. The largest absolute Gasteiger partial charge is 0.418 e. The summed E-state index contributed by atoms with van der Waals surface area (Å²) < 4.78 is 39.6. The van der Waals surface area contributed by atoms with Crippen LogP contribution in [0.15, 0.2) is 18.2 Å². The number of halogens is 3. The van der Waals surface area contributed by atoms with Gasteiger partial charge in [-0.05, 0) is 25.0 Å². The van der Waals surface area contributed by atoms with Crippen LogP contribution in [0.3, 0.4) is 0 Å². The molecule has 0 radical (unpaired) electrons. The molecule has 1 aromatic carbocycles. The first kappa shape index (κ1) is 14.5. The van der Waals surface area contributed by atoms with E-state index in [-0.39, 0.29) is 11.1 Å². The second kappa shape index (κ2) is 5.11. The number of fused-ring (bicyclic) bond motifs is 1. The number of benzene rings is 1. The summed E-state index contributed by atoms with van der Waals surface area (Å²) in [6.07, 6.45) is 1.48. The van der Waals surface area contributed by atoms with Gasteiger partial charge in [-0.1, -0.05) is 25.3 Å². The molecule has 1 aliphatic heterocycles. The van der Waals surface area contributed by atoms with Gasteiger partial charge in [-0.2, -0.15) is 13.2 Å². The molecule has 1 spiro atoms. The fraction of sp³-hybridized carbons (Fsp3) is 0.625. The minimum Gasteiger partial charge on any atom is -0.382 e. The second-order valence-corrected chi connectivity index (χ2v) is 6.47. The summed E-state index contributed by atoms with van der Waals surface area (Å²) in [6.45, 7) is 1.46. The number of nitrogens with zero attached hydrogens (tertiary/aromatic N) is 1. The zero-order valence-electron chi connectivity index (χ0n) is 12.3. The van der Waals surface area contributed by atoms with Crippen molar-refractivity contribution in [3.8, 4) is 0 Å². The van der Waals surface area contributed by atoms with Crippen LogP contribution in [0, 0.1) is 5.41 Å². The maximum atomic E-state index is 13.2. The van der Waals surface area contributed by atoms with Gasteiger partial charge in [0.2, 0.25) is 0 Å². The summed E-state index contributed by atoms with van der Waals surface area (Å²) in [7, 11) is 1.91. The lowest BCUT2D eigenvalue weighted by atomic mass is 9.74. The topological polar surface area (TPSA) is 15.3 Å².